The average molecular weight is 661 g/mol. The summed E-state index contributed by atoms with van der Waals surface area (Å²) in [7, 11) is 0. The van der Waals surface area contributed by atoms with Crippen molar-refractivity contribution in [1.29, 1.82) is 0 Å². The van der Waals surface area contributed by atoms with Crippen molar-refractivity contribution in [1.82, 2.24) is 9.55 Å². The molecule has 0 unspecified atom stereocenters. The van der Waals surface area contributed by atoms with Gasteiger partial charge < -0.3 is 5.11 Å². The standard InChI is InChI=1S/C27H26BrIN4O3/c28-22-10-18(27-11-15-7-16(12-27)9-17(8-15)13-27)1-6-23(22)33-25(35)21(24(34)31-26(33)36)14-30-32-20-4-2-19(29)3-5-20/h1-6,10,14-17,32,35H,7-9,11-13H2,(H,31,34,36). The number of hydrazone groups is 1. The smallest absolute Gasteiger partial charge is 0.335 e. The van der Waals surface area contributed by atoms with E-state index in [1.807, 2.05) is 30.3 Å². The van der Waals surface area contributed by atoms with Crippen molar-refractivity contribution in [3.05, 3.63) is 82.5 Å². The van der Waals surface area contributed by atoms with Gasteiger partial charge in [0.05, 0.1) is 17.6 Å². The number of aromatic amines is 1. The van der Waals surface area contributed by atoms with Crippen molar-refractivity contribution in [3.63, 3.8) is 0 Å². The molecule has 3 aromatic rings. The summed E-state index contributed by atoms with van der Waals surface area (Å²) < 4.78 is 2.91. The Labute approximate surface area is 230 Å². The number of aromatic hydroxyl groups is 1. The molecule has 4 aliphatic carbocycles. The minimum Gasteiger partial charge on any atom is -0.493 e. The van der Waals surface area contributed by atoms with Crippen molar-refractivity contribution < 1.29 is 5.11 Å². The zero-order valence-electron chi connectivity index (χ0n) is 19.5. The third kappa shape index (κ3) is 4.23. The van der Waals surface area contributed by atoms with Gasteiger partial charge in [0, 0.05) is 8.04 Å². The maximum absolute atomic E-state index is 12.8. The summed E-state index contributed by atoms with van der Waals surface area (Å²) in [6.07, 6.45) is 9.07. The van der Waals surface area contributed by atoms with Crippen LogP contribution in [0.25, 0.3) is 5.69 Å². The monoisotopic (exact) mass is 660 g/mol. The number of halogens is 2. The van der Waals surface area contributed by atoms with E-state index < -0.39 is 17.1 Å². The molecule has 1 aromatic heterocycles. The van der Waals surface area contributed by atoms with Crippen LogP contribution in [0.3, 0.4) is 0 Å². The third-order valence-corrected chi connectivity index (χ3v) is 9.55. The Bertz CT molecular complexity index is 1440. The normalized spacial score (nSPS) is 26.6. The first-order chi connectivity index (χ1) is 17.3. The zero-order chi connectivity index (χ0) is 25.0. The molecule has 4 fully saturated rings. The lowest BCUT2D eigenvalue weighted by Crippen LogP contribution is -2.48. The molecule has 186 valence electrons. The predicted octanol–water partition coefficient (Wildman–Crippen LogP) is 5.51. The largest absolute Gasteiger partial charge is 0.493 e. The van der Waals surface area contributed by atoms with Crippen molar-refractivity contribution in [2.45, 2.75) is 43.9 Å². The molecular formula is C27H26BrIN4O3. The molecule has 2 aromatic carbocycles. The molecule has 0 saturated heterocycles. The van der Waals surface area contributed by atoms with Gasteiger partial charge in [0.15, 0.2) is 0 Å². The number of nitrogens with one attached hydrogen (secondary N) is 2. The Kier molecular flexibility index (Phi) is 6.10. The summed E-state index contributed by atoms with van der Waals surface area (Å²) in [5.41, 5.74) is 4.05. The molecule has 36 heavy (non-hydrogen) atoms. The van der Waals surface area contributed by atoms with E-state index in [0.29, 0.717) is 10.2 Å². The Hall–Kier alpha value is -2.40. The van der Waals surface area contributed by atoms with Crippen LogP contribution in [0.5, 0.6) is 5.88 Å². The summed E-state index contributed by atoms with van der Waals surface area (Å²) in [6, 6.07) is 13.6. The van der Waals surface area contributed by atoms with Crippen LogP contribution in [0.4, 0.5) is 5.69 Å². The van der Waals surface area contributed by atoms with Gasteiger partial charge in [-0.1, -0.05) is 6.07 Å². The number of hydrogen-bond donors (Lipinski definition) is 3. The number of anilines is 1. The highest BCUT2D eigenvalue weighted by Gasteiger charge is 2.51. The Morgan fingerprint density at radius 3 is 2.31 bits per heavy atom. The van der Waals surface area contributed by atoms with E-state index in [4.69, 9.17) is 0 Å². The zero-order valence-corrected chi connectivity index (χ0v) is 23.3. The summed E-state index contributed by atoms with van der Waals surface area (Å²) >= 11 is 5.86. The molecule has 7 nitrogen and oxygen atoms in total. The lowest BCUT2D eigenvalue weighted by Gasteiger charge is -2.57. The number of H-pyrrole nitrogens is 1. The number of rotatable bonds is 5. The predicted molar refractivity (Wildman–Crippen MR) is 152 cm³/mol. The van der Waals surface area contributed by atoms with Crippen LogP contribution < -0.4 is 16.7 Å². The fraction of sp³-hybridized carbons (Fsp3) is 0.370. The molecule has 7 rings (SSSR count). The summed E-state index contributed by atoms with van der Waals surface area (Å²) in [5.74, 6) is 2.03. The van der Waals surface area contributed by atoms with Crippen molar-refractivity contribution in [2.24, 2.45) is 22.9 Å². The molecule has 4 aliphatic rings. The van der Waals surface area contributed by atoms with E-state index in [9.17, 15) is 14.7 Å². The van der Waals surface area contributed by atoms with Crippen LogP contribution in [-0.4, -0.2) is 20.9 Å². The summed E-state index contributed by atoms with van der Waals surface area (Å²) in [5, 5.41) is 15.0. The molecular weight excluding hydrogens is 635 g/mol. The third-order valence-electron chi connectivity index (χ3n) is 8.19. The molecule has 3 N–H and O–H groups in total. The SMILES string of the molecule is O=c1[nH]c(=O)n(-c2ccc(C34CC5CC(CC(C5)C3)C4)cc2Br)c(O)c1C=NNc1ccc(I)cc1. The van der Waals surface area contributed by atoms with Crippen LogP contribution >= 0.6 is 38.5 Å². The first kappa shape index (κ1) is 24.0. The van der Waals surface area contributed by atoms with Gasteiger partial charge in [0.2, 0.25) is 5.88 Å². The molecule has 0 aliphatic heterocycles. The van der Waals surface area contributed by atoms with E-state index in [1.165, 1.54) is 50.3 Å². The van der Waals surface area contributed by atoms with Crippen LogP contribution in [0.1, 0.15) is 49.7 Å². The summed E-state index contributed by atoms with van der Waals surface area (Å²) in [6.45, 7) is 0. The Balaban J connectivity index is 1.33. The van der Waals surface area contributed by atoms with Gasteiger partial charge in [-0.05, 0) is 142 Å². The number of aromatic nitrogens is 2. The molecule has 0 amide bonds. The van der Waals surface area contributed by atoms with Crippen molar-refractivity contribution in [2.75, 3.05) is 5.43 Å². The second-order valence-corrected chi connectivity index (χ2v) is 12.7. The quantitative estimate of drug-likeness (QED) is 0.191. The van der Waals surface area contributed by atoms with Gasteiger partial charge in [-0.2, -0.15) is 5.10 Å². The van der Waals surface area contributed by atoms with Crippen LogP contribution in [0.15, 0.2) is 61.6 Å². The molecule has 4 bridgehead atoms. The van der Waals surface area contributed by atoms with Crippen LogP contribution in [-0.2, 0) is 5.41 Å². The second kappa shape index (κ2) is 9.16. The first-order valence-corrected chi connectivity index (χ1v) is 14.1. The Morgan fingerprint density at radius 2 is 1.69 bits per heavy atom. The Morgan fingerprint density at radius 1 is 1.06 bits per heavy atom. The van der Waals surface area contributed by atoms with Crippen LogP contribution in [0.2, 0.25) is 0 Å². The lowest BCUT2D eigenvalue weighted by molar-refractivity contribution is -0.00521. The van der Waals surface area contributed by atoms with Gasteiger partial charge >= 0.3 is 5.69 Å². The fourth-order valence-corrected chi connectivity index (χ4v) is 7.97. The highest BCUT2D eigenvalue weighted by Crippen LogP contribution is 2.60. The number of benzene rings is 2. The summed E-state index contributed by atoms with van der Waals surface area (Å²) in [4.78, 5) is 27.5. The minimum atomic E-state index is -0.705. The topological polar surface area (TPSA) is 99.5 Å². The molecule has 4 saturated carbocycles. The molecule has 0 atom stereocenters. The first-order valence-electron chi connectivity index (χ1n) is 12.2. The van der Waals surface area contributed by atoms with E-state index in [0.717, 1.165) is 31.6 Å². The van der Waals surface area contributed by atoms with Gasteiger partial charge in [-0.25, -0.2) is 9.36 Å². The average Bonchev–Trinajstić information content (AvgIpc) is 2.82. The van der Waals surface area contributed by atoms with Crippen molar-refractivity contribution >= 4 is 50.4 Å². The maximum atomic E-state index is 12.8. The second-order valence-electron chi connectivity index (χ2n) is 10.6. The van der Waals surface area contributed by atoms with E-state index in [2.05, 4.69) is 66.2 Å². The number of hydrogen-bond acceptors (Lipinski definition) is 5. The highest BCUT2D eigenvalue weighted by atomic mass is 127. The van der Waals surface area contributed by atoms with Gasteiger partial charge in [-0.15, -0.1) is 0 Å². The molecule has 1 heterocycles. The van der Waals surface area contributed by atoms with Gasteiger partial charge in [0.1, 0.15) is 5.56 Å². The van der Waals surface area contributed by atoms with Crippen molar-refractivity contribution in [3.8, 4) is 11.6 Å². The lowest BCUT2D eigenvalue weighted by atomic mass is 9.48. The minimum absolute atomic E-state index is 0.107. The van der Waals surface area contributed by atoms with Gasteiger partial charge in [0.25, 0.3) is 5.56 Å². The highest BCUT2D eigenvalue weighted by molar-refractivity contribution is 14.1. The van der Waals surface area contributed by atoms with E-state index in [-0.39, 0.29) is 11.0 Å². The van der Waals surface area contributed by atoms with Crippen LogP contribution in [0, 0.1) is 21.3 Å². The van der Waals surface area contributed by atoms with E-state index >= 15 is 0 Å². The molecule has 9 heteroatoms. The van der Waals surface area contributed by atoms with E-state index in [1.54, 1.807) is 0 Å². The number of nitrogens with zero attached hydrogens (tertiary/aromatic N) is 2. The molecule has 0 radical (unpaired) electrons. The molecule has 0 spiro atoms. The van der Waals surface area contributed by atoms with Gasteiger partial charge in [-0.3, -0.25) is 15.2 Å². The fourth-order valence-electron chi connectivity index (χ4n) is 7.06. The maximum Gasteiger partial charge on any atom is 0.335 e.